The molecule has 0 aliphatic carbocycles. The number of likely N-dealkylation sites (N-methyl/N-ethyl adjacent to an activating group) is 1. The van der Waals surface area contributed by atoms with Crippen LogP contribution in [0.25, 0.3) is 0 Å². The van der Waals surface area contributed by atoms with E-state index in [1.165, 1.54) is 0 Å². The maximum atomic E-state index is 14.1. The quantitative estimate of drug-likeness (QED) is 0.740. The largest absolute Gasteiger partial charge is 0.339 e. The Hall–Kier alpha value is -1.32. The second-order valence-electron chi connectivity index (χ2n) is 4.69. The highest BCUT2D eigenvalue weighted by atomic mass is 19.1. The van der Waals surface area contributed by atoms with Crippen molar-refractivity contribution in [2.45, 2.75) is 39.2 Å². The van der Waals surface area contributed by atoms with Crippen LogP contribution in [0.15, 0.2) is 6.20 Å². The van der Waals surface area contributed by atoms with Gasteiger partial charge in [0.15, 0.2) is 5.82 Å². The van der Waals surface area contributed by atoms with Crippen molar-refractivity contribution in [3.63, 3.8) is 0 Å². The van der Waals surface area contributed by atoms with E-state index in [1.807, 2.05) is 6.20 Å². The first kappa shape index (κ1) is 12.1. The summed E-state index contributed by atoms with van der Waals surface area (Å²) in [5, 5.41) is 0. The van der Waals surface area contributed by atoms with Crippen molar-refractivity contribution < 1.29 is 9.18 Å². The van der Waals surface area contributed by atoms with Crippen LogP contribution in [0.4, 0.5) is 4.39 Å². The van der Waals surface area contributed by atoms with Gasteiger partial charge in [-0.1, -0.05) is 19.8 Å². The van der Waals surface area contributed by atoms with Gasteiger partial charge in [0, 0.05) is 31.9 Å². The van der Waals surface area contributed by atoms with Crippen molar-refractivity contribution in [3.8, 4) is 0 Å². The number of aromatic nitrogens is 1. The van der Waals surface area contributed by atoms with Crippen LogP contribution in [0.5, 0.6) is 0 Å². The van der Waals surface area contributed by atoms with E-state index in [4.69, 9.17) is 0 Å². The summed E-state index contributed by atoms with van der Waals surface area (Å²) in [5.41, 5.74) is 0.933. The first-order valence-corrected chi connectivity index (χ1v) is 6.28. The van der Waals surface area contributed by atoms with Gasteiger partial charge in [0.05, 0.1) is 0 Å². The van der Waals surface area contributed by atoms with Gasteiger partial charge in [-0.3, -0.25) is 4.79 Å². The molecule has 0 unspecified atom stereocenters. The average molecular weight is 238 g/mol. The molecule has 1 amide bonds. The molecular weight excluding hydrogens is 219 g/mol. The van der Waals surface area contributed by atoms with E-state index < -0.39 is 0 Å². The molecule has 94 valence electrons. The molecule has 0 aromatic carbocycles. The van der Waals surface area contributed by atoms with Crippen LogP contribution in [0, 0.1) is 5.82 Å². The minimum absolute atomic E-state index is 0.199. The highest BCUT2D eigenvalue weighted by Gasteiger charge is 2.27. The van der Waals surface area contributed by atoms with Gasteiger partial charge >= 0.3 is 0 Å². The number of carbonyl (C=O) groups is 1. The van der Waals surface area contributed by atoms with Gasteiger partial charge in [0.1, 0.15) is 5.69 Å². The van der Waals surface area contributed by atoms with Crippen LogP contribution < -0.4 is 0 Å². The Kier molecular flexibility index (Phi) is 3.50. The summed E-state index contributed by atoms with van der Waals surface area (Å²) in [7, 11) is 1.72. The van der Waals surface area contributed by atoms with Crippen LogP contribution in [0.3, 0.4) is 0 Å². The Morgan fingerprint density at radius 3 is 2.82 bits per heavy atom. The molecule has 2 rings (SSSR count). The standard InChI is InChI=1S/C13H19FN2O/c1-3-4-5-6-10-9-16-8-7-15(2)13(17)12(16)11(10)14/h9H,3-8H2,1-2H3. The molecule has 0 atom stereocenters. The Bertz CT molecular complexity index is 425. The molecule has 4 heteroatoms. The topological polar surface area (TPSA) is 25.2 Å². The van der Waals surface area contributed by atoms with Gasteiger partial charge in [-0.25, -0.2) is 4.39 Å². The zero-order valence-corrected chi connectivity index (χ0v) is 10.5. The first-order valence-electron chi connectivity index (χ1n) is 6.28. The summed E-state index contributed by atoms with van der Waals surface area (Å²) < 4.78 is 15.9. The fourth-order valence-electron chi connectivity index (χ4n) is 2.26. The summed E-state index contributed by atoms with van der Waals surface area (Å²) in [6, 6.07) is 0. The van der Waals surface area contributed by atoms with E-state index in [0.717, 1.165) is 25.7 Å². The van der Waals surface area contributed by atoms with Crippen molar-refractivity contribution in [2.75, 3.05) is 13.6 Å². The van der Waals surface area contributed by atoms with E-state index >= 15 is 0 Å². The van der Waals surface area contributed by atoms with E-state index in [9.17, 15) is 9.18 Å². The highest BCUT2D eigenvalue weighted by molar-refractivity contribution is 5.93. The lowest BCUT2D eigenvalue weighted by atomic mass is 10.1. The number of rotatable bonds is 4. The van der Waals surface area contributed by atoms with Crippen LogP contribution >= 0.6 is 0 Å². The number of hydrogen-bond acceptors (Lipinski definition) is 1. The molecule has 17 heavy (non-hydrogen) atoms. The summed E-state index contributed by atoms with van der Waals surface area (Å²) in [6.45, 7) is 3.48. The molecule has 1 aromatic rings. The van der Waals surface area contributed by atoms with Gasteiger partial charge in [0.25, 0.3) is 5.91 Å². The third-order valence-corrected chi connectivity index (χ3v) is 3.36. The maximum Gasteiger partial charge on any atom is 0.273 e. The normalized spacial score (nSPS) is 15.2. The molecule has 0 saturated heterocycles. The van der Waals surface area contributed by atoms with E-state index in [1.54, 1.807) is 16.5 Å². The molecule has 0 saturated carbocycles. The zero-order chi connectivity index (χ0) is 12.4. The molecule has 0 fully saturated rings. The Morgan fingerprint density at radius 2 is 2.12 bits per heavy atom. The van der Waals surface area contributed by atoms with E-state index in [-0.39, 0.29) is 17.4 Å². The van der Waals surface area contributed by atoms with Crippen molar-refractivity contribution in [1.29, 1.82) is 0 Å². The van der Waals surface area contributed by atoms with Gasteiger partial charge in [-0.2, -0.15) is 0 Å². The lowest BCUT2D eigenvalue weighted by molar-refractivity contribution is 0.0743. The minimum atomic E-state index is -0.308. The molecule has 1 aliphatic heterocycles. The molecule has 0 spiro atoms. The summed E-state index contributed by atoms with van der Waals surface area (Å²) in [6.07, 6.45) is 5.76. The smallest absolute Gasteiger partial charge is 0.273 e. The second kappa shape index (κ2) is 4.90. The molecule has 0 N–H and O–H groups in total. The lowest BCUT2D eigenvalue weighted by Gasteiger charge is -2.24. The fourth-order valence-corrected chi connectivity index (χ4v) is 2.26. The fraction of sp³-hybridized carbons (Fsp3) is 0.615. The summed E-state index contributed by atoms with van der Waals surface area (Å²) >= 11 is 0. The predicted molar refractivity (Wildman–Crippen MR) is 64.6 cm³/mol. The van der Waals surface area contributed by atoms with Crippen LogP contribution in [-0.2, 0) is 13.0 Å². The number of nitrogens with zero attached hydrogens (tertiary/aromatic N) is 2. The van der Waals surface area contributed by atoms with Gasteiger partial charge in [-0.05, 0) is 12.8 Å². The molecule has 2 heterocycles. The molecule has 1 aliphatic rings. The number of halogens is 1. The maximum absolute atomic E-state index is 14.1. The number of unbranched alkanes of at least 4 members (excludes halogenated alkanes) is 2. The van der Waals surface area contributed by atoms with Crippen molar-refractivity contribution >= 4 is 5.91 Å². The minimum Gasteiger partial charge on any atom is -0.339 e. The predicted octanol–water partition coefficient (Wildman–Crippen LogP) is 2.45. The Balaban J connectivity index is 2.21. The second-order valence-corrected chi connectivity index (χ2v) is 4.69. The first-order chi connectivity index (χ1) is 8.15. The third-order valence-electron chi connectivity index (χ3n) is 3.36. The molecular formula is C13H19FN2O. The molecule has 0 radical (unpaired) electrons. The molecule has 3 nitrogen and oxygen atoms in total. The SMILES string of the molecule is CCCCCc1cn2c(c1F)C(=O)N(C)CC2. The Labute approximate surface area is 101 Å². The van der Waals surface area contributed by atoms with Gasteiger partial charge < -0.3 is 9.47 Å². The van der Waals surface area contributed by atoms with E-state index in [2.05, 4.69) is 6.92 Å². The van der Waals surface area contributed by atoms with Crippen molar-refractivity contribution in [3.05, 3.63) is 23.3 Å². The number of carbonyl (C=O) groups excluding carboxylic acids is 1. The Morgan fingerprint density at radius 1 is 1.35 bits per heavy atom. The third kappa shape index (κ3) is 2.21. The van der Waals surface area contributed by atoms with Crippen LogP contribution in [-0.4, -0.2) is 29.0 Å². The molecule has 0 bridgehead atoms. The highest BCUT2D eigenvalue weighted by Crippen LogP contribution is 2.22. The number of amides is 1. The van der Waals surface area contributed by atoms with Gasteiger partial charge in [0.2, 0.25) is 0 Å². The van der Waals surface area contributed by atoms with Crippen molar-refractivity contribution in [1.82, 2.24) is 9.47 Å². The van der Waals surface area contributed by atoms with E-state index in [0.29, 0.717) is 18.7 Å². The molecule has 1 aromatic heterocycles. The van der Waals surface area contributed by atoms with Crippen LogP contribution in [0.2, 0.25) is 0 Å². The van der Waals surface area contributed by atoms with Gasteiger partial charge in [-0.15, -0.1) is 0 Å². The van der Waals surface area contributed by atoms with Crippen molar-refractivity contribution in [2.24, 2.45) is 0 Å². The average Bonchev–Trinajstić information content (AvgIpc) is 2.63. The zero-order valence-electron chi connectivity index (χ0n) is 10.5. The summed E-state index contributed by atoms with van der Waals surface area (Å²) in [5.74, 6) is -0.506. The number of hydrogen-bond donors (Lipinski definition) is 0. The monoisotopic (exact) mass is 238 g/mol. The lowest BCUT2D eigenvalue weighted by Crippen LogP contribution is -2.37. The number of fused-ring (bicyclic) bond motifs is 1. The number of aryl methyl sites for hydroxylation is 1. The van der Waals surface area contributed by atoms with Crippen LogP contribution in [0.1, 0.15) is 42.2 Å². The summed E-state index contributed by atoms with van der Waals surface area (Å²) in [4.78, 5) is 13.4.